The molecule has 0 aliphatic heterocycles. The van der Waals surface area contributed by atoms with Crippen LogP contribution in [0.1, 0.15) is 17.3 Å². The van der Waals surface area contributed by atoms with Gasteiger partial charge in [-0.25, -0.2) is 4.98 Å². The average molecular weight is 365 g/mol. The van der Waals surface area contributed by atoms with E-state index >= 15 is 0 Å². The molecule has 0 aliphatic rings. The Morgan fingerprint density at radius 3 is 2.77 bits per heavy atom. The molecule has 0 bridgehead atoms. The quantitative estimate of drug-likeness (QED) is 0.552. The Hall–Kier alpha value is -3.25. The molecule has 26 heavy (non-hydrogen) atoms. The van der Waals surface area contributed by atoms with Gasteiger partial charge in [0.15, 0.2) is 5.82 Å². The first-order chi connectivity index (χ1) is 12.7. The van der Waals surface area contributed by atoms with Gasteiger partial charge >= 0.3 is 0 Å². The smallest absolute Gasteiger partial charge is 0.261 e. The van der Waals surface area contributed by atoms with Gasteiger partial charge in [0.1, 0.15) is 0 Å². The van der Waals surface area contributed by atoms with Crippen molar-refractivity contribution in [2.24, 2.45) is 0 Å². The van der Waals surface area contributed by atoms with E-state index in [4.69, 9.17) is 16.1 Å². The largest absolute Gasteiger partial charge is 0.335 e. The molecule has 6 nitrogen and oxygen atoms in total. The summed E-state index contributed by atoms with van der Waals surface area (Å²) in [5, 5.41) is 5.10. The first-order valence-corrected chi connectivity index (χ1v) is 8.28. The molecule has 0 radical (unpaired) electrons. The third-order valence-electron chi connectivity index (χ3n) is 3.84. The van der Waals surface area contributed by atoms with Crippen LogP contribution < -0.4 is 5.56 Å². The molecule has 0 amide bonds. The van der Waals surface area contributed by atoms with Gasteiger partial charge in [-0.3, -0.25) is 9.36 Å². The fraction of sp³-hybridized carbons (Fsp3) is 0.0526. The number of halogens is 1. The molecule has 0 fully saturated rings. The molecular formula is C19H13ClN4O2. The normalized spacial score (nSPS) is 11.4. The Labute approximate surface area is 153 Å². The second-order valence-electron chi connectivity index (χ2n) is 5.60. The Kier molecular flexibility index (Phi) is 4.33. The minimum absolute atomic E-state index is 0.145. The molecule has 0 spiro atoms. The topological polar surface area (TPSA) is 73.8 Å². The standard InChI is InChI=1S/C19H13ClN4O2/c20-15-7-3-1-5-13(15)9-10-18-22-17(23-26-18)11-24-12-21-16-8-4-2-6-14(16)19(24)25/h1-10,12H,11H2. The number of benzene rings is 2. The van der Waals surface area contributed by atoms with Crippen LogP contribution in [-0.4, -0.2) is 19.7 Å². The molecule has 128 valence electrons. The van der Waals surface area contributed by atoms with Gasteiger partial charge in [-0.05, 0) is 29.8 Å². The van der Waals surface area contributed by atoms with Crippen molar-refractivity contribution in [3.05, 3.63) is 87.5 Å². The number of para-hydroxylation sites is 1. The minimum Gasteiger partial charge on any atom is -0.335 e. The van der Waals surface area contributed by atoms with Crippen LogP contribution in [0.5, 0.6) is 0 Å². The molecule has 0 atom stereocenters. The van der Waals surface area contributed by atoms with E-state index in [2.05, 4.69) is 15.1 Å². The first-order valence-electron chi connectivity index (χ1n) is 7.90. The molecule has 2 aromatic heterocycles. The van der Waals surface area contributed by atoms with Gasteiger partial charge in [0.2, 0.25) is 0 Å². The maximum absolute atomic E-state index is 12.5. The lowest BCUT2D eigenvalue weighted by atomic mass is 10.2. The maximum atomic E-state index is 12.5. The zero-order valence-electron chi connectivity index (χ0n) is 13.5. The van der Waals surface area contributed by atoms with Crippen LogP contribution in [-0.2, 0) is 6.54 Å². The summed E-state index contributed by atoms with van der Waals surface area (Å²) in [6.07, 6.45) is 4.96. The molecule has 7 heteroatoms. The third-order valence-corrected chi connectivity index (χ3v) is 4.18. The number of rotatable bonds is 4. The second kappa shape index (κ2) is 6.93. The summed E-state index contributed by atoms with van der Waals surface area (Å²) in [5.74, 6) is 0.727. The van der Waals surface area contributed by atoms with Crippen LogP contribution >= 0.6 is 11.6 Å². The molecule has 4 rings (SSSR count). The van der Waals surface area contributed by atoms with Gasteiger partial charge < -0.3 is 4.52 Å². The Morgan fingerprint density at radius 1 is 1.08 bits per heavy atom. The third kappa shape index (κ3) is 3.27. The number of aromatic nitrogens is 4. The van der Waals surface area contributed by atoms with Crippen LogP contribution in [0.15, 0.2) is 64.2 Å². The highest BCUT2D eigenvalue weighted by Gasteiger charge is 2.08. The van der Waals surface area contributed by atoms with E-state index in [1.807, 2.05) is 30.3 Å². The van der Waals surface area contributed by atoms with E-state index in [0.29, 0.717) is 27.6 Å². The van der Waals surface area contributed by atoms with E-state index in [1.54, 1.807) is 30.4 Å². The lowest BCUT2D eigenvalue weighted by Crippen LogP contribution is -2.21. The monoisotopic (exact) mass is 364 g/mol. The maximum Gasteiger partial charge on any atom is 0.261 e. The van der Waals surface area contributed by atoms with Gasteiger partial charge in [0.25, 0.3) is 11.4 Å². The summed E-state index contributed by atoms with van der Waals surface area (Å²) in [7, 11) is 0. The summed E-state index contributed by atoms with van der Waals surface area (Å²) >= 11 is 6.11. The number of nitrogens with zero attached hydrogens (tertiary/aromatic N) is 4. The zero-order valence-corrected chi connectivity index (χ0v) is 14.3. The molecule has 0 saturated carbocycles. The highest BCUT2D eigenvalue weighted by molar-refractivity contribution is 6.32. The summed E-state index contributed by atoms with van der Waals surface area (Å²) in [5.41, 5.74) is 1.36. The highest BCUT2D eigenvalue weighted by Crippen LogP contribution is 2.17. The van der Waals surface area contributed by atoms with Crippen molar-refractivity contribution < 1.29 is 4.52 Å². The summed E-state index contributed by atoms with van der Waals surface area (Å²) in [4.78, 5) is 21.1. The summed E-state index contributed by atoms with van der Waals surface area (Å²) in [6.45, 7) is 0.181. The van der Waals surface area contributed by atoms with E-state index in [1.165, 1.54) is 10.9 Å². The van der Waals surface area contributed by atoms with Crippen molar-refractivity contribution in [3.8, 4) is 0 Å². The minimum atomic E-state index is -0.145. The van der Waals surface area contributed by atoms with E-state index < -0.39 is 0 Å². The van der Waals surface area contributed by atoms with Crippen molar-refractivity contribution in [1.29, 1.82) is 0 Å². The van der Waals surface area contributed by atoms with Gasteiger partial charge in [-0.1, -0.05) is 47.1 Å². The molecular weight excluding hydrogens is 352 g/mol. The molecule has 0 N–H and O–H groups in total. The van der Waals surface area contributed by atoms with Gasteiger partial charge in [-0.15, -0.1) is 0 Å². The van der Waals surface area contributed by atoms with Crippen LogP contribution in [0, 0.1) is 0 Å². The number of fused-ring (bicyclic) bond motifs is 1. The fourth-order valence-electron chi connectivity index (χ4n) is 2.54. The fourth-order valence-corrected chi connectivity index (χ4v) is 2.74. The van der Waals surface area contributed by atoms with Crippen molar-refractivity contribution in [1.82, 2.24) is 19.7 Å². The van der Waals surface area contributed by atoms with E-state index in [-0.39, 0.29) is 12.1 Å². The van der Waals surface area contributed by atoms with Crippen LogP contribution in [0.4, 0.5) is 0 Å². The van der Waals surface area contributed by atoms with Crippen LogP contribution in [0.3, 0.4) is 0 Å². The van der Waals surface area contributed by atoms with Crippen LogP contribution in [0.25, 0.3) is 23.1 Å². The molecule has 0 unspecified atom stereocenters. The lowest BCUT2D eigenvalue weighted by Gasteiger charge is -2.03. The molecule has 4 aromatic rings. The van der Waals surface area contributed by atoms with Gasteiger partial charge in [-0.2, -0.15) is 4.98 Å². The van der Waals surface area contributed by atoms with Crippen molar-refractivity contribution >= 4 is 34.7 Å². The Bertz CT molecular complexity index is 1160. The van der Waals surface area contributed by atoms with Crippen molar-refractivity contribution in [3.63, 3.8) is 0 Å². The van der Waals surface area contributed by atoms with E-state index in [9.17, 15) is 4.79 Å². The lowest BCUT2D eigenvalue weighted by molar-refractivity contribution is 0.401. The zero-order chi connectivity index (χ0) is 17.9. The van der Waals surface area contributed by atoms with Crippen LogP contribution in [0.2, 0.25) is 5.02 Å². The predicted molar refractivity (Wildman–Crippen MR) is 99.8 cm³/mol. The molecule has 2 aromatic carbocycles. The SMILES string of the molecule is O=c1c2ccccc2ncn1Cc1noc(C=Cc2ccccc2Cl)n1. The summed E-state index contributed by atoms with van der Waals surface area (Å²) < 4.78 is 6.65. The van der Waals surface area contributed by atoms with Crippen molar-refractivity contribution in [2.75, 3.05) is 0 Å². The Morgan fingerprint density at radius 2 is 1.88 bits per heavy atom. The molecule has 2 heterocycles. The predicted octanol–water partition coefficient (Wildman–Crippen LogP) is 3.65. The average Bonchev–Trinajstić information content (AvgIpc) is 3.11. The molecule has 0 saturated heterocycles. The summed E-state index contributed by atoms with van der Waals surface area (Å²) in [6, 6.07) is 14.6. The highest BCUT2D eigenvalue weighted by atomic mass is 35.5. The van der Waals surface area contributed by atoms with Gasteiger partial charge in [0.05, 0.1) is 23.8 Å². The number of hydrogen-bond donors (Lipinski definition) is 0. The molecule has 0 aliphatic carbocycles. The van der Waals surface area contributed by atoms with Gasteiger partial charge in [0, 0.05) is 11.1 Å². The van der Waals surface area contributed by atoms with E-state index in [0.717, 1.165) is 5.56 Å². The number of hydrogen-bond acceptors (Lipinski definition) is 5. The first kappa shape index (κ1) is 16.2. The second-order valence-corrected chi connectivity index (χ2v) is 6.01. The van der Waals surface area contributed by atoms with Crippen molar-refractivity contribution in [2.45, 2.75) is 6.54 Å². The Balaban J connectivity index is 1.57.